The number of rotatable bonds is 6. The quantitative estimate of drug-likeness (QED) is 0.759. The number of amides is 1. The van der Waals surface area contributed by atoms with Crippen molar-refractivity contribution in [3.63, 3.8) is 0 Å². The molecule has 0 unspecified atom stereocenters. The van der Waals surface area contributed by atoms with Crippen molar-refractivity contribution in [2.24, 2.45) is 16.4 Å². The van der Waals surface area contributed by atoms with Crippen LogP contribution in [0.5, 0.6) is 0 Å². The molecule has 3 nitrogen and oxygen atoms in total. The van der Waals surface area contributed by atoms with Crippen LogP contribution in [-0.2, 0) is 11.2 Å². The second-order valence-electron chi connectivity index (χ2n) is 7.32. The van der Waals surface area contributed by atoms with Gasteiger partial charge < -0.3 is 0 Å². The van der Waals surface area contributed by atoms with Crippen LogP contribution < -0.4 is 5.43 Å². The molecular formula is C20H30N2O. The fourth-order valence-corrected chi connectivity index (χ4v) is 3.23. The van der Waals surface area contributed by atoms with Crippen LogP contribution in [0, 0.1) is 11.3 Å². The predicted molar refractivity (Wildman–Crippen MR) is 96.4 cm³/mol. The molecule has 0 heterocycles. The van der Waals surface area contributed by atoms with Crippen LogP contribution >= 0.6 is 0 Å². The van der Waals surface area contributed by atoms with Crippen molar-refractivity contribution in [3.8, 4) is 0 Å². The Bertz CT molecular complexity index is 524. The fraction of sp³-hybridized carbons (Fsp3) is 0.600. The standard InChI is InChI=1S/C20H30N2O/c1-4-20(2,3)17-11-13-18(14-12-17)21-22-19(23)15-10-16-8-6-5-7-9-16/h5-9,17H,4,10-15H2,1-3H3,(H,22,23). The Morgan fingerprint density at radius 3 is 2.48 bits per heavy atom. The molecule has 1 aliphatic rings. The average Bonchev–Trinajstić information content (AvgIpc) is 2.59. The largest absolute Gasteiger partial charge is 0.273 e. The van der Waals surface area contributed by atoms with Gasteiger partial charge in [-0.25, -0.2) is 5.43 Å². The molecule has 1 aromatic rings. The molecule has 0 aromatic heterocycles. The number of hydrazone groups is 1. The summed E-state index contributed by atoms with van der Waals surface area (Å²) >= 11 is 0. The highest BCUT2D eigenvalue weighted by atomic mass is 16.2. The summed E-state index contributed by atoms with van der Waals surface area (Å²) in [6.07, 6.45) is 6.91. The molecule has 1 aromatic carbocycles. The number of carbonyl (C=O) groups is 1. The van der Waals surface area contributed by atoms with Crippen LogP contribution in [0.4, 0.5) is 0 Å². The molecule has 0 radical (unpaired) electrons. The summed E-state index contributed by atoms with van der Waals surface area (Å²) in [6.45, 7) is 7.01. The molecule has 1 amide bonds. The minimum absolute atomic E-state index is 0.0114. The second-order valence-corrected chi connectivity index (χ2v) is 7.32. The van der Waals surface area contributed by atoms with Crippen molar-refractivity contribution in [1.29, 1.82) is 0 Å². The Morgan fingerprint density at radius 1 is 1.22 bits per heavy atom. The Kier molecular flexibility index (Phi) is 6.37. The van der Waals surface area contributed by atoms with Crippen LogP contribution in [-0.4, -0.2) is 11.6 Å². The van der Waals surface area contributed by atoms with Gasteiger partial charge in [0.1, 0.15) is 0 Å². The summed E-state index contributed by atoms with van der Waals surface area (Å²) in [7, 11) is 0. The van der Waals surface area contributed by atoms with Gasteiger partial charge in [0, 0.05) is 12.1 Å². The topological polar surface area (TPSA) is 41.5 Å². The van der Waals surface area contributed by atoms with E-state index in [1.807, 2.05) is 18.2 Å². The molecule has 0 aliphatic heterocycles. The van der Waals surface area contributed by atoms with Gasteiger partial charge >= 0.3 is 0 Å². The normalized spacial score (nSPS) is 18.6. The maximum Gasteiger partial charge on any atom is 0.240 e. The van der Waals surface area contributed by atoms with E-state index in [1.165, 1.54) is 24.8 Å². The third-order valence-electron chi connectivity index (χ3n) is 5.40. The number of carbonyl (C=O) groups excluding carboxylic acids is 1. The van der Waals surface area contributed by atoms with E-state index >= 15 is 0 Å². The lowest BCUT2D eigenvalue weighted by atomic mass is 9.69. The van der Waals surface area contributed by atoms with E-state index in [0.717, 1.165) is 30.9 Å². The molecule has 0 saturated heterocycles. The molecule has 1 aliphatic carbocycles. The Hall–Kier alpha value is -1.64. The average molecular weight is 314 g/mol. The molecule has 0 bridgehead atoms. The van der Waals surface area contributed by atoms with Gasteiger partial charge in [-0.05, 0) is 49.0 Å². The number of aryl methyl sites for hydroxylation is 1. The van der Waals surface area contributed by atoms with E-state index in [0.29, 0.717) is 11.8 Å². The summed E-state index contributed by atoms with van der Waals surface area (Å²) in [5.74, 6) is 0.789. The van der Waals surface area contributed by atoms with Gasteiger partial charge in [0.2, 0.25) is 5.91 Å². The van der Waals surface area contributed by atoms with Gasteiger partial charge in [-0.3, -0.25) is 4.79 Å². The molecule has 1 fully saturated rings. The number of benzene rings is 1. The summed E-state index contributed by atoms with van der Waals surface area (Å²) < 4.78 is 0. The van der Waals surface area contributed by atoms with Gasteiger partial charge in [0.05, 0.1) is 0 Å². The van der Waals surface area contributed by atoms with Gasteiger partial charge in [0.15, 0.2) is 0 Å². The van der Waals surface area contributed by atoms with Gasteiger partial charge in [-0.2, -0.15) is 5.10 Å². The number of nitrogens with one attached hydrogen (secondary N) is 1. The molecule has 0 spiro atoms. The van der Waals surface area contributed by atoms with E-state index in [-0.39, 0.29) is 5.91 Å². The van der Waals surface area contributed by atoms with Crippen molar-refractivity contribution in [1.82, 2.24) is 5.43 Å². The minimum atomic E-state index is 0.0114. The van der Waals surface area contributed by atoms with Crippen LogP contribution in [0.2, 0.25) is 0 Å². The summed E-state index contributed by atoms with van der Waals surface area (Å²) in [4.78, 5) is 11.9. The first-order chi connectivity index (χ1) is 11.0. The Morgan fingerprint density at radius 2 is 1.87 bits per heavy atom. The van der Waals surface area contributed by atoms with E-state index in [9.17, 15) is 4.79 Å². The van der Waals surface area contributed by atoms with E-state index in [4.69, 9.17) is 0 Å². The van der Waals surface area contributed by atoms with E-state index in [2.05, 4.69) is 43.4 Å². The summed E-state index contributed by atoms with van der Waals surface area (Å²) in [5.41, 5.74) is 5.51. The maximum atomic E-state index is 11.9. The first kappa shape index (κ1) is 17.7. The van der Waals surface area contributed by atoms with E-state index < -0.39 is 0 Å². The van der Waals surface area contributed by atoms with Gasteiger partial charge in [-0.1, -0.05) is 57.5 Å². The van der Waals surface area contributed by atoms with Crippen molar-refractivity contribution >= 4 is 11.6 Å². The lowest BCUT2D eigenvalue weighted by Gasteiger charge is -2.36. The smallest absolute Gasteiger partial charge is 0.240 e. The lowest BCUT2D eigenvalue weighted by Crippen LogP contribution is -2.29. The predicted octanol–water partition coefficient (Wildman–Crippen LogP) is 4.72. The van der Waals surface area contributed by atoms with Crippen LogP contribution in [0.25, 0.3) is 0 Å². The SMILES string of the molecule is CCC(C)(C)C1CCC(=NNC(=O)CCc2ccccc2)CC1. The van der Waals surface area contributed by atoms with Crippen LogP contribution in [0.3, 0.4) is 0 Å². The first-order valence-electron chi connectivity index (χ1n) is 8.89. The zero-order valence-electron chi connectivity index (χ0n) is 14.8. The highest BCUT2D eigenvalue weighted by Crippen LogP contribution is 2.39. The Balaban J connectivity index is 1.73. The van der Waals surface area contributed by atoms with Crippen LogP contribution in [0.1, 0.15) is 64.9 Å². The van der Waals surface area contributed by atoms with Crippen LogP contribution in [0.15, 0.2) is 35.4 Å². The summed E-state index contributed by atoms with van der Waals surface area (Å²) in [5, 5.41) is 4.35. The summed E-state index contributed by atoms with van der Waals surface area (Å²) in [6, 6.07) is 10.1. The molecule has 2 rings (SSSR count). The molecule has 23 heavy (non-hydrogen) atoms. The number of nitrogens with zero attached hydrogens (tertiary/aromatic N) is 1. The zero-order chi connectivity index (χ0) is 16.7. The van der Waals surface area contributed by atoms with Crippen molar-refractivity contribution in [2.45, 2.75) is 65.7 Å². The second kappa shape index (κ2) is 8.28. The fourth-order valence-electron chi connectivity index (χ4n) is 3.23. The number of hydrogen-bond donors (Lipinski definition) is 1. The Labute approximate surface area is 140 Å². The molecule has 0 atom stereocenters. The lowest BCUT2D eigenvalue weighted by molar-refractivity contribution is -0.121. The zero-order valence-corrected chi connectivity index (χ0v) is 14.8. The van der Waals surface area contributed by atoms with Gasteiger partial charge in [0.25, 0.3) is 0 Å². The highest BCUT2D eigenvalue weighted by Gasteiger charge is 2.30. The van der Waals surface area contributed by atoms with Gasteiger partial charge in [-0.15, -0.1) is 0 Å². The number of hydrogen-bond acceptors (Lipinski definition) is 2. The van der Waals surface area contributed by atoms with E-state index in [1.54, 1.807) is 0 Å². The van der Waals surface area contributed by atoms with Crippen molar-refractivity contribution in [2.75, 3.05) is 0 Å². The highest BCUT2D eigenvalue weighted by molar-refractivity contribution is 5.87. The van der Waals surface area contributed by atoms with Crippen molar-refractivity contribution in [3.05, 3.63) is 35.9 Å². The third-order valence-corrected chi connectivity index (χ3v) is 5.40. The molecular weight excluding hydrogens is 284 g/mol. The third kappa shape index (κ3) is 5.49. The van der Waals surface area contributed by atoms with Crippen molar-refractivity contribution < 1.29 is 4.79 Å². The molecule has 126 valence electrons. The molecule has 1 saturated carbocycles. The molecule has 3 heteroatoms. The molecule has 1 N–H and O–H groups in total. The minimum Gasteiger partial charge on any atom is -0.273 e. The first-order valence-corrected chi connectivity index (χ1v) is 8.89. The monoisotopic (exact) mass is 314 g/mol. The maximum absolute atomic E-state index is 11.9.